The Labute approximate surface area is 165 Å². The minimum absolute atomic E-state index is 0.240. The van der Waals surface area contributed by atoms with Crippen molar-refractivity contribution >= 4 is 29.0 Å². The molecule has 0 saturated carbocycles. The molecule has 6 heteroatoms. The van der Waals surface area contributed by atoms with Gasteiger partial charge < -0.3 is 20.3 Å². The Bertz CT molecular complexity index is 764. The maximum absolute atomic E-state index is 12.0. The summed E-state index contributed by atoms with van der Waals surface area (Å²) in [6.07, 6.45) is 2.50. The number of hydrogen-bond donors (Lipinski definition) is 2. The van der Waals surface area contributed by atoms with Crippen LogP contribution in [0.4, 0.5) is 16.2 Å². The van der Waals surface area contributed by atoms with E-state index < -0.39 is 0 Å². The zero-order valence-corrected chi connectivity index (χ0v) is 16.6. The van der Waals surface area contributed by atoms with E-state index in [0.717, 1.165) is 40.7 Å². The van der Waals surface area contributed by atoms with Gasteiger partial charge in [0.25, 0.3) is 0 Å². The third-order valence-corrected chi connectivity index (χ3v) is 5.26. The first-order valence-corrected chi connectivity index (χ1v) is 9.70. The lowest BCUT2D eigenvalue weighted by atomic mass is 10.1. The molecule has 1 saturated heterocycles. The minimum Gasteiger partial charge on any atom is -0.492 e. The number of carbonyl (C=O) groups is 1. The van der Waals surface area contributed by atoms with E-state index in [1.165, 1.54) is 18.5 Å². The summed E-state index contributed by atoms with van der Waals surface area (Å²) < 4.78 is 5.69. The van der Waals surface area contributed by atoms with Crippen LogP contribution >= 0.6 is 11.6 Å². The van der Waals surface area contributed by atoms with E-state index in [-0.39, 0.29) is 6.03 Å². The number of nitrogens with zero attached hydrogens (tertiary/aromatic N) is 1. The Morgan fingerprint density at radius 2 is 1.74 bits per heavy atom. The SMILES string of the molecule is Cc1cc(OCCNC(=O)Nc2ccc(N3CCCC3)cc2)cc(C)c1Cl. The van der Waals surface area contributed by atoms with Crippen molar-refractivity contribution in [1.29, 1.82) is 0 Å². The molecule has 0 radical (unpaired) electrons. The molecule has 0 bridgehead atoms. The fourth-order valence-corrected chi connectivity index (χ4v) is 3.34. The van der Waals surface area contributed by atoms with Gasteiger partial charge in [-0.25, -0.2) is 4.79 Å². The van der Waals surface area contributed by atoms with Crippen molar-refractivity contribution in [1.82, 2.24) is 5.32 Å². The summed E-state index contributed by atoms with van der Waals surface area (Å²) in [7, 11) is 0. The van der Waals surface area contributed by atoms with Crippen molar-refractivity contribution in [3.8, 4) is 5.75 Å². The van der Waals surface area contributed by atoms with Gasteiger partial charge in [0.2, 0.25) is 0 Å². The summed E-state index contributed by atoms with van der Waals surface area (Å²) in [6.45, 7) is 6.92. The van der Waals surface area contributed by atoms with Gasteiger partial charge in [-0.1, -0.05) is 11.6 Å². The van der Waals surface area contributed by atoms with Crippen molar-refractivity contribution in [2.75, 3.05) is 36.5 Å². The number of ether oxygens (including phenoxy) is 1. The molecule has 2 amide bonds. The third kappa shape index (κ3) is 5.30. The van der Waals surface area contributed by atoms with Crippen molar-refractivity contribution in [3.05, 3.63) is 52.5 Å². The number of benzene rings is 2. The molecule has 2 aromatic rings. The monoisotopic (exact) mass is 387 g/mol. The summed E-state index contributed by atoms with van der Waals surface area (Å²) in [5, 5.41) is 6.40. The lowest BCUT2D eigenvalue weighted by molar-refractivity contribution is 0.247. The van der Waals surface area contributed by atoms with Crippen LogP contribution in [0.15, 0.2) is 36.4 Å². The van der Waals surface area contributed by atoms with Crippen molar-refractivity contribution < 1.29 is 9.53 Å². The van der Waals surface area contributed by atoms with Gasteiger partial charge in [-0.3, -0.25) is 0 Å². The van der Waals surface area contributed by atoms with E-state index in [2.05, 4.69) is 27.7 Å². The molecule has 5 nitrogen and oxygen atoms in total. The Kier molecular flexibility index (Phi) is 6.45. The van der Waals surface area contributed by atoms with Crippen molar-refractivity contribution in [2.45, 2.75) is 26.7 Å². The molecular weight excluding hydrogens is 362 g/mol. The average Bonchev–Trinajstić information content (AvgIpc) is 3.18. The van der Waals surface area contributed by atoms with Gasteiger partial charge in [0.05, 0.1) is 6.54 Å². The van der Waals surface area contributed by atoms with Crippen molar-refractivity contribution in [2.24, 2.45) is 0 Å². The van der Waals surface area contributed by atoms with Crippen LogP contribution in [-0.2, 0) is 0 Å². The lowest BCUT2D eigenvalue weighted by Gasteiger charge is -2.17. The summed E-state index contributed by atoms with van der Waals surface area (Å²) in [4.78, 5) is 14.4. The molecule has 1 aliphatic rings. The van der Waals surface area contributed by atoms with Crippen LogP contribution in [0.3, 0.4) is 0 Å². The summed E-state index contributed by atoms with van der Waals surface area (Å²) in [6, 6.07) is 11.5. The summed E-state index contributed by atoms with van der Waals surface area (Å²) in [5.41, 5.74) is 3.95. The second kappa shape index (κ2) is 9.00. The van der Waals surface area contributed by atoms with E-state index in [9.17, 15) is 4.79 Å². The van der Waals surface area contributed by atoms with Crippen molar-refractivity contribution in [3.63, 3.8) is 0 Å². The van der Waals surface area contributed by atoms with Crippen LogP contribution in [0.5, 0.6) is 5.75 Å². The third-order valence-electron chi connectivity index (χ3n) is 4.66. The van der Waals surface area contributed by atoms with Gasteiger partial charge >= 0.3 is 6.03 Å². The largest absolute Gasteiger partial charge is 0.492 e. The van der Waals surface area contributed by atoms with Gasteiger partial charge in [-0.05, 0) is 74.2 Å². The van der Waals surface area contributed by atoms with Gasteiger partial charge in [0, 0.05) is 29.5 Å². The second-order valence-electron chi connectivity index (χ2n) is 6.84. The van der Waals surface area contributed by atoms with Gasteiger partial charge in [-0.2, -0.15) is 0 Å². The lowest BCUT2D eigenvalue weighted by Crippen LogP contribution is -2.32. The number of carbonyl (C=O) groups excluding carboxylic acids is 1. The number of urea groups is 1. The zero-order chi connectivity index (χ0) is 19.2. The highest BCUT2D eigenvalue weighted by molar-refractivity contribution is 6.32. The van der Waals surface area contributed by atoms with E-state index in [0.29, 0.717) is 13.2 Å². The molecular formula is C21H26ClN3O2. The number of anilines is 2. The fourth-order valence-electron chi connectivity index (χ4n) is 3.23. The molecule has 1 heterocycles. The number of amides is 2. The van der Waals surface area contributed by atoms with Crippen LogP contribution in [0, 0.1) is 13.8 Å². The van der Waals surface area contributed by atoms with Crippen LogP contribution in [0.1, 0.15) is 24.0 Å². The molecule has 1 fully saturated rings. The predicted octanol–water partition coefficient (Wildman–Crippen LogP) is 4.76. The molecule has 2 N–H and O–H groups in total. The quantitative estimate of drug-likeness (QED) is 0.703. The number of halogens is 1. The molecule has 3 rings (SSSR count). The van der Waals surface area contributed by atoms with Crippen LogP contribution in [-0.4, -0.2) is 32.3 Å². The Hall–Kier alpha value is -2.40. The smallest absolute Gasteiger partial charge is 0.319 e. The number of rotatable bonds is 6. The average molecular weight is 388 g/mol. The molecule has 0 aromatic heterocycles. The number of aryl methyl sites for hydroxylation is 2. The van der Waals surface area contributed by atoms with Gasteiger partial charge in [0.15, 0.2) is 0 Å². The fraction of sp³-hybridized carbons (Fsp3) is 0.381. The summed E-state index contributed by atoms with van der Waals surface area (Å²) in [5.74, 6) is 0.758. The highest BCUT2D eigenvalue weighted by Gasteiger charge is 2.12. The van der Waals surface area contributed by atoms with Gasteiger partial charge in [0.1, 0.15) is 12.4 Å². The first-order chi connectivity index (χ1) is 13.0. The van der Waals surface area contributed by atoms with Crippen LogP contribution in [0.2, 0.25) is 5.02 Å². The Morgan fingerprint density at radius 1 is 1.11 bits per heavy atom. The highest BCUT2D eigenvalue weighted by atomic mass is 35.5. The van der Waals surface area contributed by atoms with E-state index in [1.54, 1.807) is 0 Å². The topological polar surface area (TPSA) is 53.6 Å². The predicted molar refractivity (Wildman–Crippen MR) is 111 cm³/mol. The number of hydrogen-bond acceptors (Lipinski definition) is 3. The molecule has 27 heavy (non-hydrogen) atoms. The van der Waals surface area contributed by atoms with E-state index >= 15 is 0 Å². The molecule has 144 valence electrons. The maximum Gasteiger partial charge on any atom is 0.319 e. The second-order valence-corrected chi connectivity index (χ2v) is 7.22. The molecule has 0 aliphatic carbocycles. The maximum atomic E-state index is 12.0. The molecule has 0 atom stereocenters. The summed E-state index contributed by atoms with van der Waals surface area (Å²) >= 11 is 6.15. The first-order valence-electron chi connectivity index (χ1n) is 9.32. The standard InChI is InChI=1S/C21H26ClN3O2/c1-15-13-19(14-16(2)20(15)22)27-12-9-23-21(26)24-17-5-7-18(8-6-17)25-10-3-4-11-25/h5-8,13-14H,3-4,9-12H2,1-2H3,(H2,23,24,26). The Balaban J connectivity index is 1.40. The highest BCUT2D eigenvalue weighted by Crippen LogP contribution is 2.25. The molecule has 0 unspecified atom stereocenters. The Morgan fingerprint density at radius 3 is 2.37 bits per heavy atom. The molecule has 2 aromatic carbocycles. The number of nitrogens with one attached hydrogen (secondary N) is 2. The molecule has 0 spiro atoms. The van der Waals surface area contributed by atoms with E-state index in [4.69, 9.17) is 16.3 Å². The van der Waals surface area contributed by atoms with E-state index in [1.807, 2.05) is 38.1 Å². The molecule has 1 aliphatic heterocycles. The van der Waals surface area contributed by atoms with Crippen LogP contribution < -0.4 is 20.3 Å². The normalized spacial score (nSPS) is 13.5. The van der Waals surface area contributed by atoms with Gasteiger partial charge in [-0.15, -0.1) is 0 Å². The van der Waals surface area contributed by atoms with Crippen LogP contribution in [0.25, 0.3) is 0 Å². The zero-order valence-electron chi connectivity index (χ0n) is 15.8. The minimum atomic E-state index is -0.240. The first kappa shape index (κ1) is 19.4.